The third-order valence-corrected chi connectivity index (χ3v) is 7.92. The Kier molecular flexibility index (Phi) is 6.77. The summed E-state index contributed by atoms with van der Waals surface area (Å²) in [7, 11) is 0. The molecule has 0 aromatic rings. The predicted molar refractivity (Wildman–Crippen MR) is 137 cm³/mol. The van der Waals surface area contributed by atoms with E-state index in [1.165, 1.54) is 21.0 Å². The molecule has 0 aromatic heterocycles. The summed E-state index contributed by atoms with van der Waals surface area (Å²) in [6, 6.07) is 0. The molecule has 2 nitrogen and oxygen atoms in total. The number of rotatable bonds is 2. The van der Waals surface area contributed by atoms with Gasteiger partial charge in [0.15, 0.2) is 0 Å². The second-order valence-electron chi connectivity index (χ2n) is 13.7. The van der Waals surface area contributed by atoms with Crippen LogP contribution in [0.15, 0.2) is 45.3 Å². The molecule has 2 atom stereocenters. The SMILES string of the molecule is CC(C)(C)C1=CC(O)(C(C)(C)C)C=C(SC2=CC(O)(C(C)(C)C)C=C(C(C)(C)C)C2)C1. The summed E-state index contributed by atoms with van der Waals surface area (Å²) < 4.78 is 0. The van der Waals surface area contributed by atoms with E-state index in [-0.39, 0.29) is 21.7 Å². The lowest BCUT2D eigenvalue weighted by atomic mass is 9.69. The first-order chi connectivity index (χ1) is 13.6. The van der Waals surface area contributed by atoms with Crippen molar-refractivity contribution in [3.8, 4) is 0 Å². The highest BCUT2D eigenvalue weighted by Crippen LogP contribution is 2.51. The van der Waals surface area contributed by atoms with E-state index in [1.807, 2.05) is 0 Å². The average molecular weight is 447 g/mol. The van der Waals surface area contributed by atoms with Crippen molar-refractivity contribution in [2.45, 2.75) is 107 Å². The maximum Gasteiger partial charge on any atom is 0.107 e. The molecular weight excluding hydrogens is 400 g/mol. The number of allylic oxidation sites excluding steroid dienone is 4. The Labute approximate surface area is 196 Å². The van der Waals surface area contributed by atoms with E-state index in [2.05, 4.69) is 107 Å². The Bertz CT molecular complexity index is 758. The highest BCUT2D eigenvalue weighted by atomic mass is 32.2. The molecule has 2 aliphatic carbocycles. The molecule has 176 valence electrons. The third kappa shape index (κ3) is 5.78. The lowest BCUT2D eigenvalue weighted by Crippen LogP contribution is -2.42. The zero-order chi connectivity index (χ0) is 24.3. The predicted octanol–water partition coefficient (Wildman–Crippen LogP) is 7.79. The minimum Gasteiger partial charge on any atom is -0.381 e. The average Bonchev–Trinajstić information content (AvgIpc) is 2.50. The Hall–Kier alpha value is -0.770. The minimum absolute atomic E-state index is 0.0110. The third-order valence-electron chi connectivity index (χ3n) is 6.87. The van der Waals surface area contributed by atoms with Crippen LogP contribution in [0.4, 0.5) is 0 Å². The van der Waals surface area contributed by atoms with Crippen LogP contribution in [-0.2, 0) is 0 Å². The van der Waals surface area contributed by atoms with Crippen LogP contribution in [0.25, 0.3) is 0 Å². The lowest BCUT2D eigenvalue weighted by molar-refractivity contribution is 0.0270. The molecule has 0 heterocycles. The van der Waals surface area contributed by atoms with Gasteiger partial charge in [-0.2, -0.15) is 0 Å². The van der Waals surface area contributed by atoms with Gasteiger partial charge in [-0.3, -0.25) is 0 Å². The van der Waals surface area contributed by atoms with Crippen molar-refractivity contribution in [1.29, 1.82) is 0 Å². The summed E-state index contributed by atoms with van der Waals surface area (Å²) in [4.78, 5) is 2.34. The van der Waals surface area contributed by atoms with E-state index >= 15 is 0 Å². The van der Waals surface area contributed by atoms with Gasteiger partial charge in [-0.15, -0.1) is 0 Å². The molecule has 0 bridgehead atoms. The first kappa shape index (κ1) is 26.5. The van der Waals surface area contributed by atoms with Gasteiger partial charge in [0, 0.05) is 12.8 Å². The van der Waals surface area contributed by atoms with Gasteiger partial charge in [-0.1, -0.05) is 106 Å². The van der Waals surface area contributed by atoms with Crippen molar-refractivity contribution in [3.63, 3.8) is 0 Å². The zero-order valence-electron chi connectivity index (χ0n) is 22.0. The second-order valence-corrected chi connectivity index (χ2v) is 14.9. The molecule has 0 amide bonds. The Morgan fingerprint density at radius 1 is 0.581 bits per heavy atom. The molecule has 31 heavy (non-hydrogen) atoms. The van der Waals surface area contributed by atoms with Gasteiger partial charge >= 0.3 is 0 Å². The van der Waals surface area contributed by atoms with Gasteiger partial charge in [0.05, 0.1) is 0 Å². The van der Waals surface area contributed by atoms with Crippen LogP contribution in [0.5, 0.6) is 0 Å². The van der Waals surface area contributed by atoms with Gasteiger partial charge in [-0.25, -0.2) is 0 Å². The fourth-order valence-corrected chi connectivity index (χ4v) is 5.08. The van der Waals surface area contributed by atoms with Crippen LogP contribution < -0.4 is 0 Å². The molecule has 2 N–H and O–H groups in total. The van der Waals surface area contributed by atoms with Gasteiger partial charge in [0.25, 0.3) is 0 Å². The second kappa shape index (κ2) is 7.92. The van der Waals surface area contributed by atoms with Gasteiger partial charge in [0.2, 0.25) is 0 Å². The van der Waals surface area contributed by atoms with Crippen molar-refractivity contribution in [3.05, 3.63) is 45.3 Å². The molecule has 3 heteroatoms. The maximum absolute atomic E-state index is 11.6. The first-order valence-corrected chi connectivity index (χ1v) is 12.4. The monoisotopic (exact) mass is 446 g/mol. The number of hydrogen-bond acceptors (Lipinski definition) is 3. The molecule has 0 spiro atoms. The minimum atomic E-state index is -0.992. The Morgan fingerprint density at radius 3 is 1.10 bits per heavy atom. The number of thioether (sulfide) groups is 1. The summed E-state index contributed by atoms with van der Waals surface area (Å²) >= 11 is 1.74. The summed E-state index contributed by atoms with van der Waals surface area (Å²) in [6.45, 7) is 25.8. The fourth-order valence-electron chi connectivity index (χ4n) is 3.81. The molecular formula is C28H46O2S. The molecule has 2 aliphatic rings. The fraction of sp³-hybridized carbons (Fsp3) is 0.714. The van der Waals surface area contributed by atoms with Crippen LogP contribution in [0.1, 0.15) is 95.9 Å². The molecule has 0 aliphatic heterocycles. The van der Waals surface area contributed by atoms with Gasteiger partial charge in [0.1, 0.15) is 11.2 Å². The van der Waals surface area contributed by atoms with Crippen LogP contribution >= 0.6 is 11.8 Å². The van der Waals surface area contributed by atoms with Crippen LogP contribution in [0.2, 0.25) is 0 Å². The Morgan fingerprint density at radius 2 is 0.871 bits per heavy atom. The van der Waals surface area contributed by atoms with E-state index in [9.17, 15) is 10.2 Å². The van der Waals surface area contributed by atoms with E-state index in [0.717, 1.165) is 12.8 Å². The maximum atomic E-state index is 11.6. The first-order valence-electron chi connectivity index (χ1n) is 11.6. The van der Waals surface area contributed by atoms with Crippen molar-refractivity contribution < 1.29 is 10.2 Å². The lowest BCUT2D eigenvalue weighted by Gasteiger charge is -2.43. The van der Waals surface area contributed by atoms with Crippen molar-refractivity contribution in [1.82, 2.24) is 0 Å². The highest BCUT2D eigenvalue weighted by Gasteiger charge is 2.43. The van der Waals surface area contributed by atoms with Gasteiger partial charge in [-0.05, 0) is 55.8 Å². The summed E-state index contributed by atoms with van der Waals surface area (Å²) in [5, 5.41) is 23.2. The standard InChI is InChI=1S/C28H46O2S/c1-23(2,3)19-13-21(17-27(29,15-19)25(7,8)9)31-22-14-20(24(4,5)6)16-28(30,18-22)26(10,11)12/h15-18,29-30H,13-14H2,1-12H3. The van der Waals surface area contributed by atoms with E-state index < -0.39 is 11.2 Å². The summed E-state index contributed by atoms with van der Waals surface area (Å²) in [5.41, 5.74) is -0.0826. The van der Waals surface area contributed by atoms with Gasteiger partial charge < -0.3 is 10.2 Å². The number of aliphatic hydroxyl groups is 2. The summed E-state index contributed by atoms with van der Waals surface area (Å²) in [6.07, 6.45) is 9.95. The smallest absolute Gasteiger partial charge is 0.107 e. The van der Waals surface area contributed by atoms with Crippen LogP contribution in [0, 0.1) is 21.7 Å². The molecule has 0 fully saturated rings. The van der Waals surface area contributed by atoms with Crippen LogP contribution in [-0.4, -0.2) is 21.4 Å². The Balaban J connectivity index is 2.50. The molecule has 0 saturated carbocycles. The highest BCUT2D eigenvalue weighted by molar-refractivity contribution is 8.06. The molecule has 0 aromatic carbocycles. The van der Waals surface area contributed by atoms with Crippen molar-refractivity contribution >= 4 is 11.8 Å². The van der Waals surface area contributed by atoms with Crippen molar-refractivity contribution in [2.24, 2.45) is 21.7 Å². The quantitative estimate of drug-likeness (QED) is 0.425. The normalized spacial score (nSPS) is 28.6. The molecule has 0 radical (unpaired) electrons. The topological polar surface area (TPSA) is 40.5 Å². The van der Waals surface area contributed by atoms with Crippen LogP contribution in [0.3, 0.4) is 0 Å². The largest absolute Gasteiger partial charge is 0.381 e. The molecule has 2 unspecified atom stereocenters. The summed E-state index contributed by atoms with van der Waals surface area (Å²) in [5.74, 6) is 0. The molecule has 0 saturated heterocycles. The molecule has 2 rings (SSSR count). The number of hydrogen-bond donors (Lipinski definition) is 2. The van der Waals surface area contributed by atoms with Crippen molar-refractivity contribution in [2.75, 3.05) is 0 Å². The van der Waals surface area contributed by atoms with E-state index in [0.29, 0.717) is 0 Å². The van der Waals surface area contributed by atoms with E-state index in [1.54, 1.807) is 11.8 Å². The van der Waals surface area contributed by atoms with E-state index in [4.69, 9.17) is 0 Å². The zero-order valence-corrected chi connectivity index (χ0v) is 22.8.